The first-order valence-electron chi connectivity index (χ1n) is 9.04. The number of fused-ring (bicyclic) bond motifs is 1. The van der Waals surface area contributed by atoms with Crippen LogP contribution in [0.4, 0.5) is 4.79 Å². The summed E-state index contributed by atoms with van der Waals surface area (Å²) in [7, 11) is 1.41. The monoisotopic (exact) mass is 340 g/mol. The predicted octanol–water partition coefficient (Wildman–Crippen LogP) is 2.71. The molecule has 1 N–H and O–H groups in total. The van der Waals surface area contributed by atoms with Gasteiger partial charge in [0.05, 0.1) is 7.11 Å². The number of amides is 1. The van der Waals surface area contributed by atoms with Gasteiger partial charge in [0.25, 0.3) is 0 Å². The molecule has 6 heteroatoms. The van der Waals surface area contributed by atoms with Crippen molar-refractivity contribution in [1.29, 1.82) is 0 Å². The molecule has 1 saturated carbocycles. The Morgan fingerprint density at radius 1 is 1.21 bits per heavy atom. The number of rotatable bonds is 3. The molecular formula is C18H32N2O4. The van der Waals surface area contributed by atoms with E-state index in [-0.39, 0.29) is 24.1 Å². The van der Waals surface area contributed by atoms with Gasteiger partial charge >= 0.3 is 12.1 Å². The van der Waals surface area contributed by atoms with Crippen molar-refractivity contribution in [2.45, 2.75) is 83.5 Å². The summed E-state index contributed by atoms with van der Waals surface area (Å²) in [6, 6.07) is 0.279. The average molecular weight is 340 g/mol. The van der Waals surface area contributed by atoms with E-state index in [1.54, 1.807) is 0 Å². The highest BCUT2D eigenvalue weighted by Gasteiger charge is 2.40. The van der Waals surface area contributed by atoms with Gasteiger partial charge in [-0.1, -0.05) is 0 Å². The summed E-state index contributed by atoms with van der Waals surface area (Å²) in [4.78, 5) is 26.0. The molecule has 2 fully saturated rings. The molecule has 1 aliphatic heterocycles. The van der Waals surface area contributed by atoms with Gasteiger partial charge in [-0.2, -0.15) is 0 Å². The van der Waals surface area contributed by atoms with Crippen LogP contribution in [0.2, 0.25) is 0 Å². The molecule has 0 aromatic heterocycles. The molecule has 138 valence electrons. The molecule has 2 aliphatic rings. The lowest BCUT2D eigenvalue weighted by molar-refractivity contribution is -0.143. The van der Waals surface area contributed by atoms with E-state index in [9.17, 15) is 9.59 Å². The Labute approximate surface area is 145 Å². The van der Waals surface area contributed by atoms with Gasteiger partial charge < -0.3 is 19.7 Å². The van der Waals surface area contributed by atoms with Crippen LogP contribution in [-0.4, -0.2) is 54.3 Å². The molecule has 3 unspecified atom stereocenters. The maximum atomic E-state index is 12.5. The first-order chi connectivity index (χ1) is 11.2. The molecule has 6 nitrogen and oxygen atoms in total. The number of nitrogens with zero attached hydrogens (tertiary/aromatic N) is 1. The van der Waals surface area contributed by atoms with Gasteiger partial charge in [0.2, 0.25) is 0 Å². The molecule has 1 saturated heterocycles. The molecule has 0 spiro atoms. The van der Waals surface area contributed by atoms with E-state index in [1.165, 1.54) is 7.11 Å². The topological polar surface area (TPSA) is 67.9 Å². The maximum Gasteiger partial charge on any atom is 0.410 e. The summed E-state index contributed by atoms with van der Waals surface area (Å²) in [5.74, 6) is 0.249. The minimum atomic E-state index is -0.460. The van der Waals surface area contributed by atoms with Crippen molar-refractivity contribution in [3.63, 3.8) is 0 Å². The number of piperidine rings is 1. The highest BCUT2D eigenvalue weighted by atomic mass is 16.6. The third-order valence-electron chi connectivity index (χ3n) is 4.99. The number of ether oxygens (including phenoxy) is 2. The third-order valence-corrected chi connectivity index (χ3v) is 4.99. The minimum Gasteiger partial charge on any atom is -0.468 e. The average Bonchev–Trinajstić information content (AvgIpc) is 2.51. The fraction of sp³-hybridized carbons (Fsp3) is 0.889. The van der Waals surface area contributed by atoms with Crippen LogP contribution < -0.4 is 5.32 Å². The molecule has 0 aromatic rings. The Hall–Kier alpha value is -1.30. The van der Waals surface area contributed by atoms with E-state index in [4.69, 9.17) is 9.47 Å². The second-order valence-electron chi connectivity index (χ2n) is 8.06. The number of hydrogen-bond acceptors (Lipinski definition) is 5. The normalized spacial score (nSPS) is 28.7. The molecule has 2 rings (SSSR count). The van der Waals surface area contributed by atoms with E-state index in [0.717, 1.165) is 38.6 Å². The molecule has 4 atom stereocenters. The van der Waals surface area contributed by atoms with Crippen LogP contribution in [0.5, 0.6) is 0 Å². The van der Waals surface area contributed by atoms with Crippen LogP contribution in [0.25, 0.3) is 0 Å². The quantitative estimate of drug-likeness (QED) is 0.800. The van der Waals surface area contributed by atoms with Crippen LogP contribution in [0.3, 0.4) is 0 Å². The smallest absolute Gasteiger partial charge is 0.410 e. The predicted molar refractivity (Wildman–Crippen MR) is 91.7 cm³/mol. The Morgan fingerprint density at radius 3 is 2.54 bits per heavy atom. The lowest BCUT2D eigenvalue weighted by Crippen LogP contribution is -2.55. The number of esters is 1. The summed E-state index contributed by atoms with van der Waals surface area (Å²) in [6.07, 6.45) is 4.86. The van der Waals surface area contributed by atoms with Gasteiger partial charge in [-0.15, -0.1) is 0 Å². The maximum absolute atomic E-state index is 12.5. The van der Waals surface area contributed by atoms with E-state index in [2.05, 4.69) is 5.32 Å². The number of carbonyl (C=O) groups excluding carboxylic acids is 2. The van der Waals surface area contributed by atoms with E-state index in [0.29, 0.717) is 12.0 Å². The van der Waals surface area contributed by atoms with Crippen molar-refractivity contribution in [3.8, 4) is 0 Å². The number of carbonyl (C=O) groups is 2. The van der Waals surface area contributed by atoms with Gasteiger partial charge in [0.1, 0.15) is 11.6 Å². The van der Waals surface area contributed by atoms with E-state index < -0.39 is 5.60 Å². The van der Waals surface area contributed by atoms with Gasteiger partial charge in [-0.25, -0.2) is 4.79 Å². The van der Waals surface area contributed by atoms with Crippen molar-refractivity contribution in [3.05, 3.63) is 0 Å². The second-order valence-corrected chi connectivity index (χ2v) is 8.06. The molecule has 1 amide bonds. The van der Waals surface area contributed by atoms with Crippen LogP contribution in [0, 0.1) is 5.92 Å². The lowest BCUT2D eigenvalue weighted by Gasteiger charge is -2.46. The molecule has 0 aromatic carbocycles. The Balaban J connectivity index is 1.93. The molecule has 0 radical (unpaired) electrons. The summed E-state index contributed by atoms with van der Waals surface area (Å²) in [5, 5.41) is 3.38. The first-order valence-corrected chi connectivity index (χ1v) is 9.04. The standard InChI is InChI=1S/C18H32N2O4/c1-12(16(21)23-5)19-14-8-9-15-13(11-14)7-6-10-20(15)17(22)24-18(2,3)4/h12-15,19H,6-11H2,1-5H3/t12-,13?,14?,15?/m0/s1. The highest BCUT2D eigenvalue weighted by Crippen LogP contribution is 2.36. The number of nitrogens with one attached hydrogen (secondary N) is 1. The molecule has 1 heterocycles. The van der Waals surface area contributed by atoms with Crippen molar-refractivity contribution in [2.24, 2.45) is 5.92 Å². The third kappa shape index (κ3) is 4.85. The van der Waals surface area contributed by atoms with E-state index >= 15 is 0 Å². The second kappa shape index (κ2) is 7.72. The van der Waals surface area contributed by atoms with Crippen molar-refractivity contribution in [1.82, 2.24) is 10.2 Å². The van der Waals surface area contributed by atoms with Crippen molar-refractivity contribution >= 4 is 12.1 Å². The van der Waals surface area contributed by atoms with Crippen LogP contribution in [0.1, 0.15) is 59.8 Å². The highest BCUT2D eigenvalue weighted by molar-refractivity contribution is 5.75. The fourth-order valence-corrected chi connectivity index (χ4v) is 3.96. The Morgan fingerprint density at radius 2 is 1.92 bits per heavy atom. The van der Waals surface area contributed by atoms with E-state index in [1.807, 2.05) is 32.6 Å². The van der Waals surface area contributed by atoms with Gasteiger partial charge in [-0.3, -0.25) is 4.79 Å². The molecule has 0 bridgehead atoms. The summed E-state index contributed by atoms with van der Waals surface area (Å²) < 4.78 is 10.4. The molecule has 24 heavy (non-hydrogen) atoms. The largest absolute Gasteiger partial charge is 0.468 e. The van der Waals surface area contributed by atoms with Gasteiger partial charge in [0.15, 0.2) is 0 Å². The SMILES string of the molecule is COC(=O)[C@H](C)NC1CCC2C(CCCN2C(=O)OC(C)(C)C)C1. The number of methoxy groups -OCH3 is 1. The lowest BCUT2D eigenvalue weighted by atomic mass is 9.76. The van der Waals surface area contributed by atoms with Crippen molar-refractivity contribution in [2.75, 3.05) is 13.7 Å². The van der Waals surface area contributed by atoms with Crippen LogP contribution >= 0.6 is 0 Å². The summed E-state index contributed by atoms with van der Waals surface area (Å²) in [5.41, 5.74) is -0.460. The zero-order valence-electron chi connectivity index (χ0n) is 15.6. The van der Waals surface area contributed by atoms with Gasteiger partial charge in [-0.05, 0) is 65.7 Å². The van der Waals surface area contributed by atoms with Crippen LogP contribution in [0.15, 0.2) is 0 Å². The Bertz CT molecular complexity index is 460. The number of hydrogen-bond donors (Lipinski definition) is 1. The minimum absolute atomic E-state index is 0.188. The van der Waals surface area contributed by atoms with Gasteiger partial charge in [0, 0.05) is 18.6 Å². The number of likely N-dealkylation sites (tertiary alicyclic amines) is 1. The van der Waals surface area contributed by atoms with Crippen molar-refractivity contribution < 1.29 is 19.1 Å². The molecular weight excluding hydrogens is 308 g/mol. The zero-order valence-corrected chi connectivity index (χ0v) is 15.6. The zero-order chi connectivity index (χ0) is 17.9. The molecule has 1 aliphatic carbocycles. The fourth-order valence-electron chi connectivity index (χ4n) is 3.96. The van der Waals surface area contributed by atoms with Crippen LogP contribution in [-0.2, 0) is 14.3 Å². The Kier molecular flexibility index (Phi) is 6.12. The summed E-state index contributed by atoms with van der Waals surface area (Å²) >= 11 is 0. The summed E-state index contributed by atoms with van der Waals surface area (Å²) in [6.45, 7) is 8.34. The first kappa shape index (κ1) is 19.0.